The molecule has 0 saturated carbocycles. The number of carbonyl (C=O) groups is 1. The predicted octanol–water partition coefficient (Wildman–Crippen LogP) is 4.55. The molecule has 3 aromatic rings. The van der Waals surface area contributed by atoms with Crippen molar-refractivity contribution in [3.8, 4) is 0 Å². The first kappa shape index (κ1) is 15.4. The molecular weight excluding hydrogens is 304 g/mol. The molecule has 2 aromatic carbocycles. The molecule has 3 rings (SSSR count). The van der Waals surface area contributed by atoms with Crippen molar-refractivity contribution in [1.82, 2.24) is 4.98 Å². The molecule has 4 heteroatoms. The zero-order valence-corrected chi connectivity index (χ0v) is 13.7. The molecule has 23 heavy (non-hydrogen) atoms. The fourth-order valence-corrected chi connectivity index (χ4v) is 3.28. The number of nitrogens with one attached hydrogen (secondary N) is 1. The normalized spacial score (nSPS) is 12.1. The Labute approximate surface area is 140 Å². The fourth-order valence-electron chi connectivity index (χ4n) is 2.75. The molecule has 0 radical (unpaired) electrons. The van der Waals surface area contributed by atoms with E-state index in [0.717, 1.165) is 11.1 Å². The third-order valence-corrected chi connectivity index (χ3v) is 4.58. The SMILES string of the molecule is CC(C(=O)Nc1nccs1)C(c1ccccc1)c1ccccc1. The van der Waals surface area contributed by atoms with Gasteiger partial charge in [0.05, 0.1) is 0 Å². The van der Waals surface area contributed by atoms with Gasteiger partial charge >= 0.3 is 0 Å². The highest BCUT2D eigenvalue weighted by Crippen LogP contribution is 2.32. The first-order valence-corrected chi connectivity index (χ1v) is 8.44. The Morgan fingerprint density at radius 1 is 1.00 bits per heavy atom. The van der Waals surface area contributed by atoms with Crippen molar-refractivity contribution >= 4 is 22.4 Å². The summed E-state index contributed by atoms with van der Waals surface area (Å²) in [6, 6.07) is 20.3. The molecule has 0 spiro atoms. The number of rotatable bonds is 5. The lowest BCUT2D eigenvalue weighted by atomic mass is 9.81. The van der Waals surface area contributed by atoms with Gasteiger partial charge in [0.15, 0.2) is 5.13 Å². The van der Waals surface area contributed by atoms with Crippen LogP contribution in [0.4, 0.5) is 5.13 Å². The number of hydrogen-bond donors (Lipinski definition) is 1. The van der Waals surface area contributed by atoms with E-state index in [1.165, 1.54) is 11.3 Å². The van der Waals surface area contributed by atoms with Crippen LogP contribution in [-0.4, -0.2) is 10.9 Å². The number of benzene rings is 2. The van der Waals surface area contributed by atoms with E-state index in [-0.39, 0.29) is 17.7 Å². The van der Waals surface area contributed by atoms with Crippen LogP contribution >= 0.6 is 11.3 Å². The van der Waals surface area contributed by atoms with Crippen LogP contribution < -0.4 is 5.32 Å². The average molecular weight is 322 g/mol. The molecule has 0 fully saturated rings. The predicted molar refractivity (Wildman–Crippen MR) is 94.6 cm³/mol. The largest absolute Gasteiger partial charge is 0.302 e. The molecule has 1 atom stereocenters. The summed E-state index contributed by atoms with van der Waals surface area (Å²) in [5.74, 6) is -0.210. The highest BCUT2D eigenvalue weighted by Gasteiger charge is 2.27. The number of amides is 1. The molecule has 0 bridgehead atoms. The molecule has 0 aliphatic heterocycles. The van der Waals surface area contributed by atoms with E-state index in [9.17, 15) is 4.79 Å². The van der Waals surface area contributed by atoms with Crippen molar-refractivity contribution in [1.29, 1.82) is 0 Å². The Kier molecular flexibility index (Phi) is 4.83. The molecule has 116 valence electrons. The van der Waals surface area contributed by atoms with Crippen LogP contribution in [0, 0.1) is 5.92 Å². The standard InChI is InChI=1S/C19H18N2OS/c1-14(18(22)21-19-20-12-13-23-19)17(15-8-4-2-5-9-15)16-10-6-3-7-11-16/h2-14,17H,1H3,(H,20,21,22). The average Bonchev–Trinajstić information content (AvgIpc) is 3.10. The number of aromatic nitrogens is 1. The fraction of sp³-hybridized carbons (Fsp3) is 0.158. The highest BCUT2D eigenvalue weighted by molar-refractivity contribution is 7.13. The van der Waals surface area contributed by atoms with E-state index in [1.807, 2.05) is 48.7 Å². The minimum absolute atomic E-state index is 0.0114. The monoisotopic (exact) mass is 322 g/mol. The third kappa shape index (κ3) is 3.66. The summed E-state index contributed by atoms with van der Waals surface area (Å²) in [5.41, 5.74) is 2.28. The minimum atomic E-state index is -0.205. The van der Waals surface area contributed by atoms with Gasteiger partial charge in [-0.25, -0.2) is 4.98 Å². The van der Waals surface area contributed by atoms with Gasteiger partial charge in [-0.15, -0.1) is 11.3 Å². The van der Waals surface area contributed by atoms with Gasteiger partial charge in [0, 0.05) is 23.4 Å². The number of nitrogens with zero attached hydrogens (tertiary/aromatic N) is 1. The van der Waals surface area contributed by atoms with Crippen LogP contribution in [0.1, 0.15) is 24.0 Å². The second-order valence-corrected chi connectivity index (χ2v) is 6.31. The van der Waals surface area contributed by atoms with Gasteiger partial charge in [-0.2, -0.15) is 0 Å². The molecular formula is C19H18N2OS. The van der Waals surface area contributed by atoms with Gasteiger partial charge in [-0.05, 0) is 11.1 Å². The summed E-state index contributed by atoms with van der Waals surface area (Å²) in [5, 5.41) is 5.40. The quantitative estimate of drug-likeness (QED) is 0.749. The van der Waals surface area contributed by atoms with Crippen LogP contribution in [0.3, 0.4) is 0 Å². The molecule has 0 saturated heterocycles. The van der Waals surface area contributed by atoms with Gasteiger partial charge in [0.1, 0.15) is 0 Å². The third-order valence-electron chi connectivity index (χ3n) is 3.89. The zero-order valence-electron chi connectivity index (χ0n) is 12.8. The van der Waals surface area contributed by atoms with E-state index in [1.54, 1.807) is 6.20 Å². The Morgan fingerprint density at radius 3 is 2.04 bits per heavy atom. The van der Waals surface area contributed by atoms with E-state index in [2.05, 4.69) is 34.6 Å². The summed E-state index contributed by atoms with van der Waals surface area (Å²) >= 11 is 1.43. The Balaban J connectivity index is 1.90. The molecule has 1 amide bonds. The maximum atomic E-state index is 12.7. The van der Waals surface area contributed by atoms with Crippen molar-refractivity contribution in [3.63, 3.8) is 0 Å². The van der Waals surface area contributed by atoms with E-state index >= 15 is 0 Å². The summed E-state index contributed by atoms with van der Waals surface area (Å²) in [6.07, 6.45) is 1.69. The van der Waals surface area contributed by atoms with Gasteiger partial charge in [0.25, 0.3) is 0 Å². The van der Waals surface area contributed by atoms with E-state index < -0.39 is 0 Å². The smallest absolute Gasteiger partial charge is 0.229 e. The minimum Gasteiger partial charge on any atom is -0.302 e. The van der Waals surface area contributed by atoms with Crippen molar-refractivity contribution < 1.29 is 4.79 Å². The first-order chi connectivity index (χ1) is 11.3. The first-order valence-electron chi connectivity index (χ1n) is 7.56. The number of thiazole rings is 1. The van der Waals surface area contributed by atoms with Crippen LogP contribution in [0.15, 0.2) is 72.2 Å². The van der Waals surface area contributed by atoms with Crippen molar-refractivity contribution in [2.24, 2.45) is 5.92 Å². The number of anilines is 1. The molecule has 1 heterocycles. The summed E-state index contributed by atoms with van der Waals surface area (Å²) in [7, 11) is 0. The maximum Gasteiger partial charge on any atom is 0.229 e. The van der Waals surface area contributed by atoms with Crippen molar-refractivity contribution in [2.45, 2.75) is 12.8 Å². The van der Waals surface area contributed by atoms with Gasteiger partial charge in [-0.3, -0.25) is 4.79 Å². The zero-order chi connectivity index (χ0) is 16.1. The van der Waals surface area contributed by atoms with Crippen LogP contribution in [-0.2, 0) is 4.79 Å². The second kappa shape index (κ2) is 7.20. The summed E-state index contributed by atoms with van der Waals surface area (Å²) in [6.45, 7) is 1.97. The highest BCUT2D eigenvalue weighted by atomic mass is 32.1. The van der Waals surface area contributed by atoms with Crippen molar-refractivity contribution in [2.75, 3.05) is 5.32 Å². The lowest BCUT2D eigenvalue weighted by Gasteiger charge is -2.24. The van der Waals surface area contributed by atoms with Crippen LogP contribution in [0.25, 0.3) is 0 Å². The Bertz CT molecular complexity index is 702. The summed E-state index contributed by atoms with van der Waals surface area (Å²) < 4.78 is 0. The Hall–Kier alpha value is -2.46. The van der Waals surface area contributed by atoms with Crippen molar-refractivity contribution in [3.05, 3.63) is 83.4 Å². The van der Waals surface area contributed by atoms with E-state index in [0.29, 0.717) is 5.13 Å². The lowest BCUT2D eigenvalue weighted by Crippen LogP contribution is -2.26. The maximum absolute atomic E-state index is 12.7. The summed E-state index contributed by atoms with van der Waals surface area (Å²) in [4.78, 5) is 16.8. The van der Waals surface area contributed by atoms with Gasteiger partial charge < -0.3 is 5.32 Å². The van der Waals surface area contributed by atoms with Gasteiger partial charge in [0.2, 0.25) is 5.91 Å². The Morgan fingerprint density at radius 2 is 1.57 bits per heavy atom. The number of carbonyl (C=O) groups excluding carboxylic acids is 1. The molecule has 1 unspecified atom stereocenters. The van der Waals surface area contributed by atoms with E-state index in [4.69, 9.17) is 0 Å². The molecule has 0 aliphatic rings. The van der Waals surface area contributed by atoms with Crippen LogP contribution in [0.2, 0.25) is 0 Å². The van der Waals surface area contributed by atoms with Crippen LogP contribution in [0.5, 0.6) is 0 Å². The van der Waals surface area contributed by atoms with Gasteiger partial charge in [-0.1, -0.05) is 67.6 Å². The lowest BCUT2D eigenvalue weighted by molar-refractivity contribution is -0.119. The molecule has 1 N–H and O–H groups in total. The molecule has 3 nitrogen and oxygen atoms in total. The molecule has 0 aliphatic carbocycles. The topological polar surface area (TPSA) is 42.0 Å². The molecule has 1 aromatic heterocycles. The second-order valence-electron chi connectivity index (χ2n) is 5.41. The number of hydrogen-bond acceptors (Lipinski definition) is 3.